The number of hydrogen-bond acceptors (Lipinski definition) is 5. The number of benzene rings is 1. The van der Waals surface area contributed by atoms with Crippen molar-refractivity contribution in [1.29, 1.82) is 0 Å². The van der Waals surface area contributed by atoms with Crippen LogP contribution in [0.2, 0.25) is 0 Å². The van der Waals surface area contributed by atoms with Crippen LogP contribution in [-0.4, -0.2) is 33.9 Å². The molecular formula is C14H18O6. The number of aliphatic hydroxyl groups is 1. The van der Waals surface area contributed by atoms with E-state index in [-0.39, 0.29) is 17.5 Å². The van der Waals surface area contributed by atoms with Gasteiger partial charge in [0.15, 0.2) is 0 Å². The Labute approximate surface area is 116 Å². The van der Waals surface area contributed by atoms with Crippen LogP contribution < -0.4 is 0 Å². The van der Waals surface area contributed by atoms with E-state index >= 15 is 0 Å². The summed E-state index contributed by atoms with van der Waals surface area (Å²) in [5, 5.41) is 18.3. The number of rotatable bonds is 6. The van der Waals surface area contributed by atoms with Crippen molar-refractivity contribution >= 4 is 11.9 Å². The first kappa shape index (κ1) is 16.1. The Balaban J connectivity index is 2.75. The lowest BCUT2D eigenvalue weighted by Gasteiger charge is -2.24. The summed E-state index contributed by atoms with van der Waals surface area (Å²) in [4.78, 5) is 32.5. The zero-order chi connectivity index (χ0) is 15.3. The standard InChI is InChI=1S/C14H18O6/c1-9(15)8-14(2,3)20-19-13(18)11-7-5-4-6-10(11)12(16)17/h4-7,9,15H,8H2,1-3H3,(H,16,17). The third-order valence-corrected chi connectivity index (χ3v) is 2.51. The first-order valence-corrected chi connectivity index (χ1v) is 6.13. The Morgan fingerprint density at radius 2 is 1.80 bits per heavy atom. The van der Waals surface area contributed by atoms with Crippen LogP contribution in [0, 0.1) is 0 Å². The van der Waals surface area contributed by atoms with Crippen molar-refractivity contribution in [2.24, 2.45) is 0 Å². The molecule has 0 heterocycles. The fraction of sp³-hybridized carbons (Fsp3) is 0.429. The number of carbonyl (C=O) groups is 2. The molecule has 1 aromatic carbocycles. The summed E-state index contributed by atoms with van der Waals surface area (Å²) in [6.07, 6.45) is -0.351. The minimum atomic E-state index is -1.22. The molecule has 0 saturated carbocycles. The van der Waals surface area contributed by atoms with E-state index in [0.29, 0.717) is 0 Å². The van der Waals surface area contributed by atoms with Gasteiger partial charge in [-0.25, -0.2) is 9.59 Å². The Bertz CT molecular complexity index is 492. The van der Waals surface area contributed by atoms with Gasteiger partial charge in [-0.1, -0.05) is 12.1 Å². The number of carbonyl (C=O) groups excluding carboxylic acids is 1. The highest BCUT2D eigenvalue weighted by Gasteiger charge is 2.26. The molecule has 0 saturated heterocycles. The van der Waals surface area contributed by atoms with Gasteiger partial charge >= 0.3 is 11.9 Å². The molecule has 0 aromatic heterocycles. The van der Waals surface area contributed by atoms with E-state index in [0.717, 1.165) is 0 Å². The zero-order valence-corrected chi connectivity index (χ0v) is 11.6. The highest BCUT2D eigenvalue weighted by molar-refractivity contribution is 6.02. The molecule has 0 amide bonds. The largest absolute Gasteiger partial charge is 0.478 e. The van der Waals surface area contributed by atoms with Crippen LogP contribution >= 0.6 is 0 Å². The molecule has 1 atom stereocenters. The van der Waals surface area contributed by atoms with Gasteiger partial charge in [-0.2, -0.15) is 4.89 Å². The molecule has 0 aliphatic carbocycles. The second-order valence-corrected chi connectivity index (χ2v) is 5.12. The lowest BCUT2D eigenvalue weighted by Crippen LogP contribution is -2.30. The summed E-state index contributed by atoms with van der Waals surface area (Å²) in [6, 6.07) is 5.69. The zero-order valence-electron chi connectivity index (χ0n) is 11.6. The van der Waals surface area contributed by atoms with E-state index in [4.69, 9.17) is 9.99 Å². The van der Waals surface area contributed by atoms with Gasteiger partial charge in [-0.3, -0.25) is 4.89 Å². The van der Waals surface area contributed by atoms with Crippen LogP contribution in [0.25, 0.3) is 0 Å². The van der Waals surface area contributed by atoms with Crippen molar-refractivity contribution in [1.82, 2.24) is 0 Å². The number of carboxylic acid groups (broad SMARTS) is 1. The second-order valence-electron chi connectivity index (χ2n) is 5.12. The average Bonchev–Trinajstić information content (AvgIpc) is 2.34. The third kappa shape index (κ3) is 4.64. The van der Waals surface area contributed by atoms with E-state index in [1.165, 1.54) is 24.3 Å². The van der Waals surface area contributed by atoms with Gasteiger partial charge in [0.1, 0.15) is 5.60 Å². The normalized spacial score (nSPS) is 12.8. The quantitative estimate of drug-likeness (QED) is 0.612. The van der Waals surface area contributed by atoms with Crippen molar-refractivity contribution in [2.75, 3.05) is 0 Å². The molecule has 0 aliphatic rings. The van der Waals surface area contributed by atoms with Gasteiger partial charge in [-0.15, -0.1) is 0 Å². The Morgan fingerprint density at radius 1 is 1.25 bits per heavy atom. The van der Waals surface area contributed by atoms with Gasteiger partial charge in [0.2, 0.25) is 0 Å². The predicted molar refractivity (Wildman–Crippen MR) is 70.3 cm³/mol. The van der Waals surface area contributed by atoms with Crippen LogP contribution in [0.1, 0.15) is 47.9 Å². The molecule has 0 fully saturated rings. The summed E-state index contributed by atoms with van der Waals surface area (Å²) in [6.45, 7) is 4.89. The lowest BCUT2D eigenvalue weighted by atomic mass is 10.0. The molecule has 0 bridgehead atoms. The van der Waals surface area contributed by atoms with Crippen LogP contribution in [0.5, 0.6) is 0 Å². The molecule has 6 nitrogen and oxygen atoms in total. The summed E-state index contributed by atoms with van der Waals surface area (Å²) in [5.74, 6) is -2.11. The van der Waals surface area contributed by atoms with Gasteiger partial charge in [0, 0.05) is 6.42 Å². The number of aliphatic hydroxyl groups excluding tert-OH is 1. The summed E-state index contributed by atoms with van der Waals surface area (Å²) >= 11 is 0. The maximum absolute atomic E-state index is 11.8. The Kier molecular flexibility index (Phi) is 5.24. The molecular weight excluding hydrogens is 264 g/mol. The first-order valence-electron chi connectivity index (χ1n) is 6.13. The molecule has 2 N–H and O–H groups in total. The Hall–Kier alpha value is -1.92. The molecule has 0 spiro atoms. The van der Waals surface area contributed by atoms with Crippen molar-refractivity contribution < 1.29 is 29.6 Å². The van der Waals surface area contributed by atoms with Crippen molar-refractivity contribution in [3.8, 4) is 0 Å². The smallest absolute Gasteiger partial charge is 0.373 e. The van der Waals surface area contributed by atoms with Crippen molar-refractivity contribution in [2.45, 2.75) is 38.9 Å². The molecule has 20 heavy (non-hydrogen) atoms. The highest BCUT2D eigenvalue weighted by Crippen LogP contribution is 2.19. The topological polar surface area (TPSA) is 93.1 Å². The molecule has 1 rings (SSSR count). The van der Waals surface area contributed by atoms with Crippen molar-refractivity contribution in [3.63, 3.8) is 0 Å². The first-order chi connectivity index (χ1) is 9.23. The number of hydrogen-bond donors (Lipinski definition) is 2. The molecule has 1 aromatic rings. The van der Waals surface area contributed by atoms with Crippen LogP contribution in [0.3, 0.4) is 0 Å². The SMILES string of the molecule is CC(O)CC(C)(C)OOC(=O)c1ccccc1C(=O)O. The van der Waals surface area contributed by atoms with Gasteiger partial charge < -0.3 is 10.2 Å². The van der Waals surface area contributed by atoms with Crippen LogP contribution in [0.4, 0.5) is 0 Å². The second kappa shape index (κ2) is 6.49. The average molecular weight is 282 g/mol. The molecule has 6 heteroatoms. The summed E-state index contributed by atoms with van der Waals surface area (Å²) < 4.78 is 0. The minimum Gasteiger partial charge on any atom is -0.478 e. The summed E-state index contributed by atoms with van der Waals surface area (Å²) in [5.41, 5.74) is -1.12. The fourth-order valence-corrected chi connectivity index (χ4v) is 1.79. The maximum Gasteiger partial charge on any atom is 0.373 e. The van der Waals surface area contributed by atoms with Crippen LogP contribution in [-0.2, 0) is 9.78 Å². The fourth-order valence-electron chi connectivity index (χ4n) is 1.79. The molecule has 1 unspecified atom stereocenters. The van der Waals surface area contributed by atoms with Crippen LogP contribution in [0.15, 0.2) is 24.3 Å². The maximum atomic E-state index is 11.8. The summed E-state index contributed by atoms with van der Waals surface area (Å²) in [7, 11) is 0. The predicted octanol–water partition coefficient (Wildman–Crippen LogP) is 2.02. The van der Waals surface area contributed by atoms with E-state index in [1.807, 2.05) is 0 Å². The van der Waals surface area contributed by atoms with E-state index in [2.05, 4.69) is 4.89 Å². The highest BCUT2D eigenvalue weighted by atomic mass is 17.2. The monoisotopic (exact) mass is 282 g/mol. The molecule has 0 radical (unpaired) electrons. The minimum absolute atomic E-state index is 0.0900. The van der Waals surface area contributed by atoms with Crippen molar-refractivity contribution in [3.05, 3.63) is 35.4 Å². The molecule has 110 valence electrons. The van der Waals surface area contributed by atoms with E-state index in [9.17, 15) is 14.7 Å². The van der Waals surface area contributed by atoms with Gasteiger partial charge in [0.05, 0.1) is 17.2 Å². The number of carboxylic acids is 1. The number of aromatic carboxylic acids is 1. The third-order valence-electron chi connectivity index (χ3n) is 2.51. The molecule has 0 aliphatic heterocycles. The van der Waals surface area contributed by atoms with Gasteiger partial charge in [0.25, 0.3) is 0 Å². The van der Waals surface area contributed by atoms with E-state index < -0.39 is 23.6 Å². The van der Waals surface area contributed by atoms with Gasteiger partial charge in [-0.05, 0) is 32.9 Å². The van der Waals surface area contributed by atoms with E-state index in [1.54, 1.807) is 20.8 Å². The Morgan fingerprint density at radius 3 is 2.30 bits per heavy atom. The lowest BCUT2D eigenvalue weighted by molar-refractivity contribution is -0.311.